The lowest BCUT2D eigenvalue weighted by atomic mass is 10.1. The van der Waals surface area contributed by atoms with Gasteiger partial charge in [-0.3, -0.25) is 14.4 Å². The molecule has 3 aromatic rings. The molecular weight excluding hydrogens is 456 g/mol. The number of benzene rings is 3. The number of nitrogens with zero attached hydrogens (tertiary/aromatic N) is 1. The Morgan fingerprint density at radius 2 is 1.53 bits per heavy atom. The van der Waals surface area contributed by atoms with Gasteiger partial charge in [-0.1, -0.05) is 29.3 Å². The Morgan fingerprint density at radius 3 is 2.22 bits per heavy atom. The maximum Gasteiger partial charge on any atom is 0.283 e. The molecular formula is C23H14Cl2FN3O3. The molecule has 0 bridgehead atoms. The number of nitrogens with one attached hydrogen (secondary N) is 2. The number of rotatable bonds is 5. The smallest absolute Gasteiger partial charge is 0.283 e. The third-order valence-electron chi connectivity index (χ3n) is 4.61. The number of anilines is 3. The van der Waals surface area contributed by atoms with Crippen molar-refractivity contribution in [2.24, 2.45) is 0 Å². The molecule has 2 N–H and O–H groups in total. The summed E-state index contributed by atoms with van der Waals surface area (Å²) in [7, 11) is 0. The second-order valence-electron chi connectivity index (χ2n) is 6.78. The van der Waals surface area contributed by atoms with Crippen LogP contribution >= 0.6 is 23.2 Å². The Labute approximate surface area is 192 Å². The van der Waals surface area contributed by atoms with Gasteiger partial charge in [0.15, 0.2) is 0 Å². The zero-order chi connectivity index (χ0) is 22.8. The van der Waals surface area contributed by atoms with Crippen LogP contribution in [0.1, 0.15) is 10.4 Å². The number of carbonyl (C=O) groups is 3. The van der Waals surface area contributed by atoms with Gasteiger partial charge in [-0.05, 0) is 66.7 Å². The quantitative estimate of drug-likeness (QED) is 0.505. The van der Waals surface area contributed by atoms with Gasteiger partial charge in [0, 0.05) is 22.0 Å². The Morgan fingerprint density at radius 1 is 0.844 bits per heavy atom. The molecule has 9 heteroatoms. The van der Waals surface area contributed by atoms with Crippen LogP contribution in [0.4, 0.5) is 21.5 Å². The lowest BCUT2D eigenvalue weighted by Crippen LogP contribution is -2.32. The van der Waals surface area contributed by atoms with Crippen molar-refractivity contribution in [3.8, 4) is 0 Å². The van der Waals surface area contributed by atoms with Crippen LogP contribution in [0, 0.1) is 5.82 Å². The molecule has 0 aliphatic carbocycles. The van der Waals surface area contributed by atoms with E-state index in [9.17, 15) is 18.8 Å². The van der Waals surface area contributed by atoms with E-state index in [1.54, 1.807) is 42.5 Å². The van der Waals surface area contributed by atoms with Crippen molar-refractivity contribution < 1.29 is 18.8 Å². The highest BCUT2D eigenvalue weighted by Crippen LogP contribution is 2.30. The monoisotopic (exact) mass is 469 g/mol. The SMILES string of the molecule is O=C(Nc1ccc(Cl)cc1)c1cccc(NC2=C(Cl)C(=O)N(c3ccc(F)cc3)C2=O)c1. The fourth-order valence-electron chi connectivity index (χ4n) is 3.06. The van der Waals surface area contributed by atoms with Crippen LogP contribution in [0.15, 0.2) is 83.5 Å². The molecule has 6 nitrogen and oxygen atoms in total. The molecule has 0 atom stereocenters. The molecule has 160 valence electrons. The number of hydrogen-bond donors (Lipinski definition) is 2. The highest BCUT2D eigenvalue weighted by atomic mass is 35.5. The summed E-state index contributed by atoms with van der Waals surface area (Å²) in [5.41, 5.74) is 1.30. The standard InChI is InChI=1S/C23H14Cl2FN3O3/c24-14-4-8-16(9-5-14)28-21(30)13-2-1-3-17(12-13)27-20-19(25)22(31)29(23(20)32)18-10-6-15(26)7-11-18/h1-12,27H,(H,28,30). The molecule has 1 heterocycles. The molecule has 0 saturated heterocycles. The maximum atomic E-state index is 13.2. The molecule has 32 heavy (non-hydrogen) atoms. The van der Waals surface area contributed by atoms with Crippen LogP contribution in [0.2, 0.25) is 5.02 Å². The van der Waals surface area contributed by atoms with Crippen LogP contribution in [-0.4, -0.2) is 17.7 Å². The van der Waals surface area contributed by atoms with Gasteiger partial charge in [0.1, 0.15) is 16.5 Å². The average molecular weight is 470 g/mol. The second kappa shape index (κ2) is 8.82. The first-order chi connectivity index (χ1) is 15.3. The first-order valence-electron chi connectivity index (χ1n) is 9.31. The van der Waals surface area contributed by atoms with Gasteiger partial charge in [-0.25, -0.2) is 9.29 Å². The Balaban J connectivity index is 1.53. The van der Waals surface area contributed by atoms with Crippen molar-refractivity contribution in [1.82, 2.24) is 0 Å². The zero-order valence-corrected chi connectivity index (χ0v) is 17.7. The Bertz CT molecular complexity index is 1260. The molecule has 4 rings (SSSR count). The third-order valence-corrected chi connectivity index (χ3v) is 5.21. The number of halogens is 3. The largest absolute Gasteiger partial charge is 0.350 e. The van der Waals surface area contributed by atoms with E-state index < -0.39 is 17.6 Å². The van der Waals surface area contributed by atoms with E-state index in [4.69, 9.17) is 23.2 Å². The van der Waals surface area contributed by atoms with Crippen molar-refractivity contribution >= 4 is 58.0 Å². The lowest BCUT2D eigenvalue weighted by Gasteiger charge is -2.15. The molecule has 1 aliphatic rings. The summed E-state index contributed by atoms with van der Waals surface area (Å²) >= 11 is 12.0. The van der Waals surface area contributed by atoms with E-state index in [1.165, 1.54) is 18.2 Å². The third kappa shape index (κ3) is 4.34. The van der Waals surface area contributed by atoms with E-state index in [2.05, 4.69) is 10.6 Å². The Kier molecular flexibility index (Phi) is 5.94. The van der Waals surface area contributed by atoms with Crippen LogP contribution in [-0.2, 0) is 9.59 Å². The molecule has 0 radical (unpaired) electrons. The number of hydrogen-bond acceptors (Lipinski definition) is 4. The minimum atomic E-state index is -0.734. The van der Waals surface area contributed by atoms with Crippen LogP contribution in [0.3, 0.4) is 0 Å². The summed E-state index contributed by atoms with van der Waals surface area (Å²) in [5.74, 6) is -2.30. The highest BCUT2D eigenvalue weighted by Gasteiger charge is 2.39. The molecule has 0 spiro atoms. The number of carbonyl (C=O) groups excluding carboxylic acids is 3. The normalized spacial score (nSPS) is 13.5. The second-order valence-corrected chi connectivity index (χ2v) is 7.59. The first-order valence-corrected chi connectivity index (χ1v) is 10.1. The van der Waals surface area contributed by atoms with E-state index in [0.717, 1.165) is 17.0 Å². The van der Waals surface area contributed by atoms with Crippen LogP contribution in [0.25, 0.3) is 0 Å². The average Bonchev–Trinajstić information content (AvgIpc) is 2.99. The lowest BCUT2D eigenvalue weighted by molar-refractivity contribution is -0.120. The van der Waals surface area contributed by atoms with E-state index in [-0.39, 0.29) is 22.3 Å². The zero-order valence-electron chi connectivity index (χ0n) is 16.2. The van der Waals surface area contributed by atoms with Gasteiger partial charge >= 0.3 is 0 Å². The van der Waals surface area contributed by atoms with E-state index in [1.807, 2.05) is 0 Å². The molecule has 3 amide bonds. The summed E-state index contributed by atoms with van der Waals surface area (Å²) in [6.45, 7) is 0. The molecule has 0 saturated carbocycles. The van der Waals surface area contributed by atoms with Crippen LogP contribution < -0.4 is 15.5 Å². The van der Waals surface area contributed by atoms with Crippen molar-refractivity contribution in [1.29, 1.82) is 0 Å². The first kappa shape index (κ1) is 21.5. The predicted molar refractivity (Wildman–Crippen MR) is 121 cm³/mol. The topological polar surface area (TPSA) is 78.5 Å². The minimum absolute atomic E-state index is 0.142. The summed E-state index contributed by atoms with van der Waals surface area (Å²) in [6.07, 6.45) is 0. The minimum Gasteiger partial charge on any atom is -0.350 e. The van der Waals surface area contributed by atoms with Crippen molar-refractivity contribution in [2.75, 3.05) is 15.5 Å². The number of imide groups is 1. The fraction of sp³-hybridized carbons (Fsp3) is 0. The van der Waals surface area contributed by atoms with Gasteiger partial charge in [-0.15, -0.1) is 0 Å². The molecule has 3 aromatic carbocycles. The summed E-state index contributed by atoms with van der Waals surface area (Å²) in [4.78, 5) is 38.7. The van der Waals surface area contributed by atoms with E-state index >= 15 is 0 Å². The number of amides is 3. The molecule has 0 aromatic heterocycles. The summed E-state index contributed by atoms with van der Waals surface area (Å²) in [6, 6.07) is 17.9. The molecule has 1 aliphatic heterocycles. The Hall–Kier alpha value is -3.68. The van der Waals surface area contributed by atoms with Gasteiger partial charge in [0.2, 0.25) is 0 Å². The van der Waals surface area contributed by atoms with Gasteiger partial charge in [-0.2, -0.15) is 0 Å². The van der Waals surface area contributed by atoms with Gasteiger partial charge in [0.05, 0.1) is 5.69 Å². The van der Waals surface area contributed by atoms with Gasteiger partial charge < -0.3 is 10.6 Å². The maximum absolute atomic E-state index is 13.2. The fourth-order valence-corrected chi connectivity index (χ4v) is 3.39. The highest BCUT2D eigenvalue weighted by molar-refractivity contribution is 6.53. The summed E-state index contributed by atoms with van der Waals surface area (Å²) < 4.78 is 13.2. The van der Waals surface area contributed by atoms with Crippen molar-refractivity contribution in [3.63, 3.8) is 0 Å². The molecule has 0 fully saturated rings. The van der Waals surface area contributed by atoms with Crippen molar-refractivity contribution in [2.45, 2.75) is 0 Å². The summed E-state index contributed by atoms with van der Waals surface area (Å²) in [5, 5.41) is 5.79. The van der Waals surface area contributed by atoms with Gasteiger partial charge in [0.25, 0.3) is 17.7 Å². The van der Waals surface area contributed by atoms with E-state index in [0.29, 0.717) is 22.0 Å². The molecule has 0 unspecified atom stereocenters. The van der Waals surface area contributed by atoms with Crippen molar-refractivity contribution in [3.05, 3.63) is 99.9 Å². The predicted octanol–water partition coefficient (Wildman–Crippen LogP) is 5.17. The van der Waals surface area contributed by atoms with Crippen LogP contribution in [0.5, 0.6) is 0 Å².